The van der Waals surface area contributed by atoms with Gasteiger partial charge in [0.1, 0.15) is 0 Å². The Labute approximate surface area is 107 Å². The lowest BCUT2D eigenvalue weighted by Crippen LogP contribution is -2.45. The van der Waals surface area contributed by atoms with Crippen molar-refractivity contribution in [2.45, 2.75) is 70.9 Å². The fraction of sp³-hybridized carbons (Fsp3) is 1.00. The standard InChI is InChI=1S/C15H29NO/c1-3-9-16-14-7-4-12(2)11-15(14)17-10-8-13-5-6-13/h12-16H,3-11H2,1-2H3. The average molecular weight is 239 g/mol. The Morgan fingerprint density at radius 2 is 2.00 bits per heavy atom. The zero-order valence-electron chi connectivity index (χ0n) is 11.6. The number of hydrogen-bond donors (Lipinski definition) is 1. The first-order valence-corrected chi connectivity index (χ1v) is 7.64. The van der Waals surface area contributed by atoms with Crippen molar-refractivity contribution in [2.75, 3.05) is 13.2 Å². The minimum atomic E-state index is 0.476. The minimum Gasteiger partial charge on any atom is -0.377 e. The van der Waals surface area contributed by atoms with Crippen molar-refractivity contribution >= 4 is 0 Å². The highest BCUT2D eigenvalue weighted by Gasteiger charge is 2.29. The van der Waals surface area contributed by atoms with Crippen LogP contribution < -0.4 is 5.32 Å². The van der Waals surface area contributed by atoms with Crippen LogP contribution in [0.2, 0.25) is 0 Å². The van der Waals surface area contributed by atoms with E-state index in [-0.39, 0.29) is 0 Å². The largest absolute Gasteiger partial charge is 0.377 e. The average Bonchev–Trinajstić information content (AvgIpc) is 3.12. The Kier molecular flexibility index (Phi) is 5.30. The summed E-state index contributed by atoms with van der Waals surface area (Å²) in [5.41, 5.74) is 0. The van der Waals surface area contributed by atoms with E-state index in [0.717, 1.165) is 25.0 Å². The van der Waals surface area contributed by atoms with Gasteiger partial charge in [-0.2, -0.15) is 0 Å². The molecule has 0 aromatic carbocycles. The molecule has 17 heavy (non-hydrogen) atoms. The maximum Gasteiger partial charge on any atom is 0.0730 e. The molecule has 2 heteroatoms. The molecule has 2 aliphatic carbocycles. The molecule has 0 aliphatic heterocycles. The van der Waals surface area contributed by atoms with Gasteiger partial charge in [-0.3, -0.25) is 0 Å². The van der Waals surface area contributed by atoms with Crippen LogP contribution in [0.5, 0.6) is 0 Å². The first kappa shape index (κ1) is 13.4. The molecule has 2 saturated carbocycles. The van der Waals surface area contributed by atoms with Crippen molar-refractivity contribution in [3.05, 3.63) is 0 Å². The number of hydrogen-bond acceptors (Lipinski definition) is 2. The van der Waals surface area contributed by atoms with Crippen molar-refractivity contribution in [3.63, 3.8) is 0 Å². The van der Waals surface area contributed by atoms with E-state index in [9.17, 15) is 0 Å². The molecule has 2 rings (SSSR count). The van der Waals surface area contributed by atoms with Crippen LogP contribution in [-0.4, -0.2) is 25.3 Å². The molecule has 0 bridgehead atoms. The predicted molar refractivity (Wildman–Crippen MR) is 72.2 cm³/mol. The van der Waals surface area contributed by atoms with Gasteiger partial charge in [-0.25, -0.2) is 0 Å². The second-order valence-electron chi connectivity index (χ2n) is 6.12. The topological polar surface area (TPSA) is 21.3 Å². The summed E-state index contributed by atoms with van der Waals surface area (Å²) >= 11 is 0. The Balaban J connectivity index is 1.71. The van der Waals surface area contributed by atoms with Crippen molar-refractivity contribution in [1.29, 1.82) is 0 Å². The molecule has 3 atom stereocenters. The van der Waals surface area contributed by atoms with Crippen molar-refractivity contribution < 1.29 is 4.74 Å². The van der Waals surface area contributed by atoms with Crippen LogP contribution in [0.15, 0.2) is 0 Å². The third kappa shape index (κ3) is 4.59. The van der Waals surface area contributed by atoms with Gasteiger partial charge in [0.15, 0.2) is 0 Å². The minimum absolute atomic E-state index is 0.476. The molecule has 0 aromatic heterocycles. The van der Waals surface area contributed by atoms with Gasteiger partial charge in [-0.15, -0.1) is 0 Å². The first-order valence-electron chi connectivity index (χ1n) is 7.64. The van der Waals surface area contributed by atoms with Gasteiger partial charge < -0.3 is 10.1 Å². The smallest absolute Gasteiger partial charge is 0.0730 e. The second-order valence-corrected chi connectivity index (χ2v) is 6.12. The Morgan fingerprint density at radius 3 is 2.71 bits per heavy atom. The van der Waals surface area contributed by atoms with Crippen LogP contribution in [0.1, 0.15) is 58.8 Å². The summed E-state index contributed by atoms with van der Waals surface area (Å²) in [5, 5.41) is 3.67. The monoisotopic (exact) mass is 239 g/mol. The molecular formula is C15H29NO. The number of ether oxygens (including phenoxy) is 1. The maximum absolute atomic E-state index is 6.15. The van der Waals surface area contributed by atoms with E-state index in [1.54, 1.807) is 0 Å². The second kappa shape index (κ2) is 6.75. The van der Waals surface area contributed by atoms with Crippen LogP contribution in [-0.2, 0) is 4.74 Å². The summed E-state index contributed by atoms with van der Waals surface area (Å²) in [7, 11) is 0. The highest BCUT2D eigenvalue weighted by atomic mass is 16.5. The highest BCUT2D eigenvalue weighted by Crippen LogP contribution is 2.33. The quantitative estimate of drug-likeness (QED) is 0.735. The molecule has 0 spiro atoms. The molecule has 2 aliphatic rings. The molecule has 3 unspecified atom stereocenters. The van der Waals surface area contributed by atoms with Crippen LogP contribution in [0.4, 0.5) is 0 Å². The molecule has 0 amide bonds. The zero-order valence-corrected chi connectivity index (χ0v) is 11.6. The summed E-state index contributed by atoms with van der Waals surface area (Å²) in [5.74, 6) is 1.85. The molecule has 2 fully saturated rings. The van der Waals surface area contributed by atoms with E-state index < -0.39 is 0 Å². The fourth-order valence-corrected chi connectivity index (χ4v) is 2.87. The molecule has 0 radical (unpaired) electrons. The van der Waals surface area contributed by atoms with Crippen LogP contribution >= 0.6 is 0 Å². The number of rotatable bonds is 7. The molecule has 1 N–H and O–H groups in total. The van der Waals surface area contributed by atoms with E-state index in [0.29, 0.717) is 12.1 Å². The molecule has 2 nitrogen and oxygen atoms in total. The van der Waals surface area contributed by atoms with Gasteiger partial charge in [0.05, 0.1) is 6.10 Å². The van der Waals surface area contributed by atoms with Crippen molar-refractivity contribution in [1.82, 2.24) is 5.32 Å². The maximum atomic E-state index is 6.15. The van der Waals surface area contributed by atoms with Crippen molar-refractivity contribution in [3.8, 4) is 0 Å². The predicted octanol–water partition coefficient (Wildman–Crippen LogP) is 3.36. The lowest BCUT2D eigenvalue weighted by Gasteiger charge is -2.35. The highest BCUT2D eigenvalue weighted by molar-refractivity contribution is 4.84. The van der Waals surface area contributed by atoms with Gasteiger partial charge in [0, 0.05) is 12.6 Å². The summed E-state index contributed by atoms with van der Waals surface area (Å²) in [6.45, 7) is 6.74. The third-order valence-corrected chi connectivity index (χ3v) is 4.27. The first-order chi connectivity index (χ1) is 8.29. The molecular weight excluding hydrogens is 210 g/mol. The van der Waals surface area contributed by atoms with Gasteiger partial charge in [0.25, 0.3) is 0 Å². The van der Waals surface area contributed by atoms with Gasteiger partial charge in [-0.1, -0.05) is 26.7 Å². The van der Waals surface area contributed by atoms with E-state index in [1.807, 2.05) is 0 Å². The molecule has 0 saturated heterocycles. The van der Waals surface area contributed by atoms with Crippen LogP contribution in [0, 0.1) is 11.8 Å². The fourth-order valence-electron chi connectivity index (χ4n) is 2.87. The summed E-state index contributed by atoms with van der Waals surface area (Å²) in [6.07, 6.45) is 9.81. The van der Waals surface area contributed by atoms with Crippen LogP contribution in [0.25, 0.3) is 0 Å². The normalized spacial score (nSPS) is 33.9. The Bertz CT molecular complexity index is 213. The third-order valence-electron chi connectivity index (χ3n) is 4.27. The van der Waals surface area contributed by atoms with E-state index in [2.05, 4.69) is 19.2 Å². The van der Waals surface area contributed by atoms with E-state index in [4.69, 9.17) is 4.74 Å². The summed E-state index contributed by atoms with van der Waals surface area (Å²) in [6, 6.07) is 0.616. The van der Waals surface area contributed by atoms with E-state index in [1.165, 1.54) is 44.9 Å². The molecule has 0 aromatic rings. The Hall–Kier alpha value is -0.0800. The molecule has 100 valence electrons. The summed E-state index contributed by atoms with van der Waals surface area (Å²) < 4.78 is 6.15. The SMILES string of the molecule is CCCNC1CCC(C)CC1OCCC1CC1. The van der Waals surface area contributed by atoms with E-state index >= 15 is 0 Å². The summed E-state index contributed by atoms with van der Waals surface area (Å²) in [4.78, 5) is 0. The van der Waals surface area contributed by atoms with Gasteiger partial charge in [-0.05, 0) is 50.5 Å². The Morgan fingerprint density at radius 1 is 1.18 bits per heavy atom. The lowest BCUT2D eigenvalue weighted by molar-refractivity contribution is -0.00982. The number of nitrogens with one attached hydrogen (secondary N) is 1. The molecule has 0 heterocycles. The van der Waals surface area contributed by atoms with Crippen molar-refractivity contribution in [2.24, 2.45) is 11.8 Å². The van der Waals surface area contributed by atoms with Crippen LogP contribution in [0.3, 0.4) is 0 Å². The van der Waals surface area contributed by atoms with Gasteiger partial charge in [0.2, 0.25) is 0 Å². The lowest BCUT2D eigenvalue weighted by atomic mass is 9.85. The zero-order chi connectivity index (χ0) is 12.1. The van der Waals surface area contributed by atoms with Gasteiger partial charge >= 0.3 is 0 Å².